The molecule has 1 aliphatic rings. The van der Waals surface area contributed by atoms with Crippen LogP contribution >= 0.6 is 0 Å². The smallest absolute Gasteiger partial charge is 0.272 e. The molecular formula is C24H23FN4O3. The van der Waals surface area contributed by atoms with E-state index in [1.54, 1.807) is 41.0 Å². The number of hydrogen-bond donors (Lipinski definition) is 1. The average Bonchev–Trinajstić information content (AvgIpc) is 2.82. The number of hydrogen-bond acceptors (Lipinski definition) is 4. The Morgan fingerprint density at radius 2 is 1.75 bits per heavy atom. The van der Waals surface area contributed by atoms with Crippen molar-refractivity contribution in [2.45, 2.75) is 13.3 Å². The van der Waals surface area contributed by atoms with Gasteiger partial charge in [-0.05, 0) is 36.8 Å². The molecule has 1 aromatic heterocycles. The van der Waals surface area contributed by atoms with Gasteiger partial charge in [-0.1, -0.05) is 30.3 Å². The van der Waals surface area contributed by atoms with E-state index in [9.17, 15) is 18.8 Å². The Morgan fingerprint density at radius 3 is 2.47 bits per heavy atom. The van der Waals surface area contributed by atoms with E-state index >= 15 is 0 Å². The largest absolute Gasteiger partial charge is 0.336 e. The van der Waals surface area contributed by atoms with Crippen molar-refractivity contribution in [3.63, 3.8) is 0 Å². The van der Waals surface area contributed by atoms with Gasteiger partial charge in [-0.2, -0.15) is 5.10 Å². The lowest BCUT2D eigenvalue weighted by Crippen LogP contribution is -2.50. The summed E-state index contributed by atoms with van der Waals surface area (Å²) in [5.74, 6) is -1.08. The minimum absolute atomic E-state index is 0.00976. The topological polar surface area (TPSA) is 86.4 Å². The lowest BCUT2D eigenvalue weighted by molar-refractivity contribution is -0.127. The molecule has 1 saturated heterocycles. The maximum absolute atomic E-state index is 14.5. The summed E-state index contributed by atoms with van der Waals surface area (Å²) in [7, 11) is 0. The van der Waals surface area contributed by atoms with Gasteiger partial charge in [-0.15, -0.1) is 0 Å². The molecule has 0 radical (unpaired) electrons. The molecule has 2 heterocycles. The maximum atomic E-state index is 14.5. The van der Waals surface area contributed by atoms with Crippen LogP contribution in [0, 0.1) is 5.82 Å². The van der Waals surface area contributed by atoms with Crippen molar-refractivity contribution in [2.24, 2.45) is 0 Å². The fraction of sp³-hybridized carbons (Fsp3) is 0.250. The Hall–Kier alpha value is -3.81. The van der Waals surface area contributed by atoms with Crippen LogP contribution in [0.2, 0.25) is 0 Å². The van der Waals surface area contributed by atoms with Crippen LogP contribution in [0.5, 0.6) is 0 Å². The quantitative estimate of drug-likeness (QED) is 0.640. The van der Waals surface area contributed by atoms with Crippen molar-refractivity contribution >= 4 is 22.6 Å². The first-order chi connectivity index (χ1) is 15.5. The number of amides is 2. The number of rotatable bonds is 4. The molecule has 32 heavy (non-hydrogen) atoms. The van der Waals surface area contributed by atoms with Crippen LogP contribution in [-0.4, -0.2) is 58.0 Å². The number of carbonyl (C=O) groups is 2. The highest BCUT2D eigenvalue weighted by molar-refractivity contribution is 5.95. The fourth-order valence-electron chi connectivity index (χ4n) is 3.89. The number of fused-ring (bicyclic) bond motifs is 1. The third kappa shape index (κ3) is 4.30. The second-order valence-electron chi connectivity index (χ2n) is 7.65. The Morgan fingerprint density at radius 1 is 1.06 bits per heavy atom. The van der Waals surface area contributed by atoms with Crippen LogP contribution in [0.15, 0.2) is 59.4 Å². The summed E-state index contributed by atoms with van der Waals surface area (Å²) in [4.78, 5) is 40.2. The lowest BCUT2D eigenvalue weighted by Gasteiger charge is -2.34. The van der Waals surface area contributed by atoms with Gasteiger partial charge in [0.2, 0.25) is 5.91 Å². The first-order valence-corrected chi connectivity index (χ1v) is 10.4. The first-order valence-electron chi connectivity index (χ1n) is 10.4. The van der Waals surface area contributed by atoms with Crippen molar-refractivity contribution in [2.75, 3.05) is 26.2 Å². The zero-order chi connectivity index (χ0) is 22.7. The summed E-state index contributed by atoms with van der Waals surface area (Å²) in [6.45, 7) is 3.28. The summed E-state index contributed by atoms with van der Waals surface area (Å²) in [5, 5.41) is 7.90. The highest BCUT2D eigenvalue weighted by Gasteiger charge is 2.25. The molecule has 1 aliphatic heterocycles. The lowest BCUT2D eigenvalue weighted by atomic mass is 10.0. The molecule has 1 fully saturated rings. The molecule has 0 unspecified atom stereocenters. The molecule has 164 valence electrons. The number of carbonyl (C=O) groups excluding carboxylic acids is 2. The van der Waals surface area contributed by atoms with Gasteiger partial charge in [0.15, 0.2) is 0 Å². The fourth-order valence-corrected chi connectivity index (χ4v) is 3.89. The third-order valence-electron chi connectivity index (χ3n) is 5.60. The summed E-state index contributed by atoms with van der Waals surface area (Å²) in [5.41, 5.74) is 1.07. The van der Waals surface area contributed by atoms with Crippen LogP contribution in [-0.2, 0) is 11.2 Å². The van der Waals surface area contributed by atoms with Crippen LogP contribution in [0.25, 0.3) is 10.8 Å². The van der Waals surface area contributed by atoms with Gasteiger partial charge in [-0.25, -0.2) is 9.49 Å². The Balaban J connectivity index is 1.54. The second kappa shape index (κ2) is 9.13. The van der Waals surface area contributed by atoms with Crippen molar-refractivity contribution in [3.05, 3.63) is 87.6 Å². The molecule has 7 nitrogen and oxygen atoms in total. The number of benzene rings is 2. The molecular weight excluding hydrogens is 411 g/mol. The van der Waals surface area contributed by atoms with Gasteiger partial charge >= 0.3 is 0 Å². The van der Waals surface area contributed by atoms with Gasteiger partial charge in [0.1, 0.15) is 5.82 Å². The number of aromatic amines is 1. The number of piperazine rings is 1. The number of halogens is 1. The normalized spacial score (nSPS) is 14.3. The number of allylic oxidation sites excluding steroid dienone is 1. The minimum atomic E-state index is -0.592. The zero-order valence-electron chi connectivity index (χ0n) is 17.7. The number of nitrogens with one attached hydrogen (secondary N) is 1. The van der Waals surface area contributed by atoms with Gasteiger partial charge < -0.3 is 9.80 Å². The SMILES string of the molecule is CC=CC(=O)N1CCN(C(=O)c2cc(Cc3n[nH]c(=O)c4ccccc34)ccc2F)CC1. The summed E-state index contributed by atoms with van der Waals surface area (Å²) in [6.07, 6.45) is 3.51. The van der Waals surface area contributed by atoms with Gasteiger partial charge in [0.05, 0.1) is 16.6 Å². The summed E-state index contributed by atoms with van der Waals surface area (Å²) < 4.78 is 14.5. The summed E-state index contributed by atoms with van der Waals surface area (Å²) in [6, 6.07) is 11.6. The number of nitrogens with zero attached hydrogens (tertiary/aromatic N) is 3. The predicted octanol–water partition coefficient (Wildman–Crippen LogP) is 2.51. The van der Waals surface area contributed by atoms with E-state index in [-0.39, 0.29) is 17.0 Å². The van der Waals surface area contributed by atoms with Gasteiger partial charge in [-0.3, -0.25) is 14.4 Å². The third-order valence-corrected chi connectivity index (χ3v) is 5.60. The van der Waals surface area contributed by atoms with Crippen molar-refractivity contribution in [1.29, 1.82) is 0 Å². The van der Waals surface area contributed by atoms with Crippen LogP contribution in [0.3, 0.4) is 0 Å². The van der Waals surface area contributed by atoms with Crippen molar-refractivity contribution in [1.82, 2.24) is 20.0 Å². The van der Waals surface area contributed by atoms with E-state index in [0.29, 0.717) is 49.2 Å². The first kappa shape index (κ1) is 21.4. The Kier molecular flexibility index (Phi) is 6.11. The number of H-pyrrole nitrogens is 1. The van der Waals surface area contributed by atoms with Gasteiger partial charge in [0, 0.05) is 38.0 Å². The highest BCUT2D eigenvalue weighted by atomic mass is 19.1. The highest BCUT2D eigenvalue weighted by Crippen LogP contribution is 2.20. The standard InChI is InChI=1S/C24H23FN4O3/c1-2-5-22(30)28-10-12-29(13-11-28)24(32)19-14-16(8-9-20(19)25)15-21-17-6-3-4-7-18(17)23(31)27-26-21/h2-9,14H,10-13,15H2,1H3,(H,27,31). The van der Waals surface area contributed by atoms with E-state index in [0.717, 1.165) is 5.39 Å². The monoisotopic (exact) mass is 434 g/mol. The van der Waals surface area contributed by atoms with Gasteiger partial charge in [0.25, 0.3) is 11.5 Å². The van der Waals surface area contributed by atoms with Crippen LogP contribution in [0.1, 0.15) is 28.5 Å². The molecule has 4 rings (SSSR count). The molecule has 8 heteroatoms. The van der Waals surface area contributed by atoms with E-state index in [1.165, 1.54) is 18.2 Å². The Bertz CT molecular complexity index is 1260. The molecule has 1 N–H and O–H groups in total. The molecule has 0 atom stereocenters. The van der Waals surface area contributed by atoms with Crippen LogP contribution in [0.4, 0.5) is 4.39 Å². The molecule has 3 aromatic rings. The van der Waals surface area contributed by atoms with E-state index in [2.05, 4.69) is 10.2 Å². The average molecular weight is 434 g/mol. The summed E-state index contributed by atoms with van der Waals surface area (Å²) >= 11 is 0. The second-order valence-corrected chi connectivity index (χ2v) is 7.65. The molecule has 0 bridgehead atoms. The molecule has 0 saturated carbocycles. The maximum Gasteiger partial charge on any atom is 0.272 e. The minimum Gasteiger partial charge on any atom is -0.336 e. The molecule has 0 spiro atoms. The van der Waals surface area contributed by atoms with E-state index in [4.69, 9.17) is 0 Å². The molecule has 0 aliphatic carbocycles. The molecule has 2 amide bonds. The van der Waals surface area contributed by atoms with E-state index in [1.807, 2.05) is 12.1 Å². The zero-order valence-corrected chi connectivity index (χ0v) is 17.7. The van der Waals surface area contributed by atoms with E-state index < -0.39 is 11.7 Å². The van der Waals surface area contributed by atoms with Crippen LogP contribution < -0.4 is 5.56 Å². The Labute approximate surface area is 184 Å². The predicted molar refractivity (Wildman–Crippen MR) is 119 cm³/mol. The number of aromatic nitrogens is 2. The van der Waals surface area contributed by atoms with Crippen molar-refractivity contribution in [3.8, 4) is 0 Å². The molecule has 2 aromatic carbocycles. The van der Waals surface area contributed by atoms with Crippen molar-refractivity contribution < 1.29 is 14.0 Å².